The average molecular weight is 407 g/mol. The summed E-state index contributed by atoms with van der Waals surface area (Å²) in [6.07, 6.45) is 0.681. The molecule has 0 atom stereocenters. The fraction of sp³-hybridized carbons (Fsp3) is 0.263. The highest BCUT2D eigenvalue weighted by Gasteiger charge is 2.12. The van der Waals surface area contributed by atoms with Gasteiger partial charge in [0, 0.05) is 26.0 Å². The van der Waals surface area contributed by atoms with E-state index in [1.165, 1.54) is 46.7 Å². The second kappa shape index (κ2) is 9.52. The van der Waals surface area contributed by atoms with Crippen molar-refractivity contribution in [3.63, 3.8) is 0 Å². The van der Waals surface area contributed by atoms with Crippen LogP contribution in [-0.4, -0.2) is 28.5 Å². The minimum atomic E-state index is -0.596. The molecule has 3 rings (SSSR count). The van der Waals surface area contributed by atoms with Crippen LogP contribution in [0.5, 0.6) is 11.5 Å². The Balaban J connectivity index is 1.65. The first-order chi connectivity index (χ1) is 13.6. The van der Waals surface area contributed by atoms with Crippen LogP contribution >= 0.6 is 11.8 Å². The number of H-pyrrole nitrogens is 1. The van der Waals surface area contributed by atoms with Gasteiger partial charge in [0.2, 0.25) is 0 Å². The number of rotatable bonds is 9. The van der Waals surface area contributed by atoms with E-state index in [0.717, 1.165) is 0 Å². The van der Waals surface area contributed by atoms with Gasteiger partial charge in [0.05, 0.1) is 0 Å². The van der Waals surface area contributed by atoms with Gasteiger partial charge in [0.15, 0.2) is 28.3 Å². The molecule has 9 heteroatoms. The molecule has 0 fully saturated rings. The first-order valence-electron chi connectivity index (χ1n) is 8.56. The summed E-state index contributed by atoms with van der Waals surface area (Å²) >= 11 is 1.31. The molecule has 0 unspecified atom stereocenters. The minimum Gasteiger partial charge on any atom is -0.451 e. The topological polar surface area (TPSA) is 69.1 Å². The monoisotopic (exact) mass is 407 g/mol. The van der Waals surface area contributed by atoms with Crippen molar-refractivity contribution in [2.75, 3.05) is 13.7 Å². The largest absolute Gasteiger partial charge is 0.451 e. The molecule has 0 radical (unpaired) electrons. The fourth-order valence-electron chi connectivity index (χ4n) is 2.49. The van der Waals surface area contributed by atoms with Crippen molar-refractivity contribution in [1.82, 2.24) is 14.8 Å². The van der Waals surface area contributed by atoms with Gasteiger partial charge in [0.1, 0.15) is 0 Å². The summed E-state index contributed by atoms with van der Waals surface area (Å²) in [5, 5.41) is 6.94. The third-order valence-corrected chi connectivity index (χ3v) is 4.92. The molecule has 1 heterocycles. The first kappa shape index (κ1) is 20.1. The Kier molecular flexibility index (Phi) is 6.83. The van der Waals surface area contributed by atoms with Crippen molar-refractivity contribution >= 4 is 11.8 Å². The molecule has 28 heavy (non-hydrogen) atoms. The Morgan fingerprint density at radius 3 is 2.68 bits per heavy atom. The quantitative estimate of drug-likeness (QED) is 0.429. The van der Waals surface area contributed by atoms with Gasteiger partial charge in [0.25, 0.3) is 0 Å². The molecule has 1 aromatic heterocycles. The van der Waals surface area contributed by atoms with E-state index >= 15 is 0 Å². The van der Waals surface area contributed by atoms with E-state index in [-0.39, 0.29) is 17.2 Å². The summed E-state index contributed by atoms with van der Waals surface area (Å²) < 4.78 is 39.8. The van der Waals surface area contributed by atoms with E-state index in [4.69, 9.17) is 9.47 Å². The van der Waals surface area contributed by atoms with Crippen LogP contribution in [-0.2, 0) is 17.0 Å². The summed E-state index contributed by atoms with van der Waals surface area (Å²) in [5.74, 6) is -0.853. The van der Waals surface area contributed by atoms with Crippen molar-refractivity contribution in [1.29, 1.82) is 0 Å². The van der Waals surface area contributed by atoms with Crippen molar-refractivity contribution in [2.24, 2.45) is 0 Å². The van der Waals surface area contributed by atoms with Crippen molar-refractivity contribution in [2.45, 2.75) is 23.9 Å². The number of halogens is 2. The molecule has 6 nitrogen and oxygen atoms in total. The molecule has 2 aromatic carbocycles. The van der Waals surface area contributed by atoms with Crippen LogP contribution in [0.3, 0.4) is 0 Å². The predicted molar refractivity (Wildman–Crippen MR) is 102 cm³/mol. The van der Waals surface area contributed by atoms with Crippen molar-refractivity contribution in [3.8, 4) is 11.5 Å². The summed E-state index contributed by atoms with van der Waals surface area (Å²) in [7, 11) is 1.60. The van der Waals surface area contributed by atoms with E-state index in [2.05, 4.69) is 10.2 Å². The van der Waals surface area contributed by atoms with Gasteiger partial charge in [-0.1, -0.05) is 30.0 Å². The van der Waals surface area contributed by atoms with Gasteiger partial charge < -0.3 is 9.47 Å². The molecule has 148 valence electrons. The molecule has 0 aliphatic carbocycles. The Labute approximate surface area is 164 Å². The van der Waals surface area contributed by atoms with E-state index in [0.29, 0.717) is 36.0 Å². The Morgan fingerprint density at radius 1 is 1.14 bits per heavy atom. The number of aromatic nitrogens is 3. The number of nitrogens with one attached hydrogen (secondary N) is 1. The van der Waals surface area contributed by atoms with Gasteiger partial charge in [-0.3, -0.25) is 4.57 Å². The number of ether oxygens (including phenoxy) is 2. The number of aromatic amines is 1. The lowest BCUT2D eigenvalue weighted by molar-refractivity contribution is 0.189. The number of para-hydroxylation sites is 1. The standard InChI is InChI=1S/C19H19F2N3O3S/c1-26-10-4-9-24-18(25)22-23-19(24)28-12-13-7-8-17(15(21)11-13)27-16-6-3-2-5-14(16)20/h2-3,5-8,11H,4,9-10,12H2,1H3,(H,22,25). The fourth-order valence-corrected chi connectivity index (χ4v) is 3.40. The zero-order valence-electron chi connectivity index (χ0n) is 15.2. The third-order valence-electron chi connectivity index (χ3n) is 3.87. The number of benzene rings is 2. The SMILES string of the molecule is COCCCn1c(SCc2ccc(Oc3ccccc3F)c(F)c2)n[nH]c1=O. The summed E-state index contributed by atoms with van der Waals surface area (Å²) in [6.45, 7) is 1.02. The summed E-state index contributed by atoms with van der Waals surface area (Å²) in [6, 6.07) is 10.3. The number of nitrogens with zero attached hydrogens (tertiary/aromatic N) is 2. The lowest BCUT2D eigenvalue weighted by Crippen LogP contribution is -2.18. The van der Waals surface area contributed by atoms with E-state index in [9.17, 15) is 13.6 Å². The Hall–Kier alpha value is -2.65. The van der Waals surface area contributed by atoms with Gasteiger partial charge >= 0.3 is 5.69 Å². The maximum atomic E-state index is 14.3. The zero-order chi connectivity index (χ0) is 19.9. The molecule has 0 aliphatic heterocycles. The first-order valence-corrected chi connectivity index (χ1v) is 9.55. The number of methoxy groups -OCH3 is 1. The molecular formula is C19H19F2N3O3S. The summed E-state index contributed by atoms with van der Waals surface area (Å²) in [5.41, 5.74) is 0.390. The number of hydrogen-bond donors (Lipinski definition) is 1. The van der Waals surface area contributed by atoms with Crippen LogP contribution in [0.1, 0.15) is 12.0 Å². The van der Waals surface area contributed by atoms with Crippen molar-refractivity contribution in [3.05, 3.63) is 70.1 Å². The smallest absolute Gasteiger partial charge is 0.343 e. The van der Waals surface area contributed by atoms with Crippen LogP contribution in [0.4, 0.5) is 8.78 Å². The summed E-state index contributed by atoms with van der Waals surface area (Å²) in [4.78, 5) is 11.8. The maximum Gasteiger partial charge on any atom is 0.343 e. The normalized spacial score (nSPS) is 11.0. The molecule has 0 bridgehead atoms. The highest BCUT2D eigenvalue weighted by molar-refractivity contribution is 7.98. The highest BCUT2D eigenvalue weighted by atomic mass is 32.2. The Morgan fingerprint density at radius 2 is 1.93 bits per heavy atom. The van der Waals surface area contributed by atoms with E-state index < -0.39 is 11.6 Å². The number of hydrogen-bond acceptors (Lipinski definition) is 5. The van der Waals surface area contributed by atoms with Gasteiger partial charge in [-0.2, -0.15) is 0 Å². The molecule has 0 amide bonds. The van der Waals surface area contributed by atoms with Gasteiger partial charge in [-0.25, -0.2) is 18.7 Å². The minimum absolute atomic E-state index is 0.0416. The molecule has 3 aromatic rings. The van der Waals surface area contributed by atoms with Crippen LogP contribution in [0.2, 0.25) is 0 Å². The maximum absolute atomic E-state index is 14.3. The lowest BCUT2D eigenvalue weighted by Gasteiger charge is -2.09. The van der Waals surface area contributed by atoms with Crippen LogP contribution < -0.4 is 10.4 Å². The average Bonchev–Trinajstić information content (AvgIpc) is 3.04. The second-order valence-electron chi connectivity index (χ2n) is 5.90. The zero-order valence-corrected chi connectivity index (χ0v) is 16.0. The molecule has 0 spiro atoms. The molecular weight excluding hydrogens is 388 g/mol. The van der Waals surface area contributed by atoms with E-state index in [1.54, 1.807) is 19.2 Å². The highest BCUT2D eigenvalue weighted by Crippen LogP contribution is 2.29. The molecule has 0 saturated heterocycles. The van der Waals surface area contributed by atoms with Crippen molar-refractivity contribution < 1.29 is 18.3 Å². The Bertz CT molecular complexity index is 991. The van der Waals surface area contributed by atoms with Crippen LogP contribution in [0, 0.1) is 11.6 Å². The lowest BCUT2D eigenvalue weighted by atomic mass is 10.2. The van der Waals surface area contributed by atoms with Crippen LogP contribution in [0.25, 0.3) is 0 Å². The predicted octanol–water partition coefficient (Wildman–Crippen LogP) is 3.97. The molecule has 0 aliphatic rings. The molecule has 0 saturated carbocycles. The third kappa shape index (κ3) is 4.99. The van der Waals surface area contributed by atoms with Gasteiger partial charge in [-0.15, -0.1) is 5.10 Å². The van der Waals surface area contributed by atoms with Crippen LogP contribution in [0.15, 0.2) is 52.4 Å². The van der Waals surface area contributed by atoms with E-state index in [1.807, 2.05) is 0 Å². The molecule has 1 N–H and O–H groups in total. The number of thioether (sulfide) groups is 1. The second-order valence-corrected chi connectivity index (χ2v) is 6.84. The van der Waals surface area contributed by atoms with Gasteiger partial charge in [-0.05, 0) is 36.2 Å².